The van der Waals surface area contributed by atoms with Gasteiger partial charge in [0, 0.05) is 0 Å². The number of benzene rings is 2. The zero-order valence-electron chi connectivity index (χ0n) is 16.2. The maximum Gasteiger partial charge on any atom is 0.141 e. The zero-order valence-corrected chi connectivity index (χ0v) is 16.2. The highest BCUT2D eigenvalue weighted by Gasteiger charge is 2.22. The Morgan fingerprint density at radius 2 is 1.68 bits per heavy atom. The molecule has 0 N–H and O–H groups in total. The van der Waals surface area contributed by atoms with E-state index in [1.165, 1.54) is 56.2 Å². The number of nitrogens with zero attached hydrogens (tertiary/aromatic N) is 1. The van der Waals surface area contributed by atoms with E-state index < -0.39 is 5.82 Å². The highest BCUT2D eigenvalue weighted by Crippen LogP contribution is 2.38. The van der Waals surface area contributed by atoms with Crippen molar-refractivity contribution in [2.75, 3.05) is 0 Å². The summed E-state index contributed by atoms with van der Waals surface area (Å²) in [7, 11) is 0. The normalized spacial score (nSPS) is 19.6. The fourth-order valence-electron chi connectivity index (χ4n) is 4.28. The van der Waals surface area contributed by atoms with Crippen molar-refractivity contribution in [1.29, 1.82) is 5.26 Å². The molecule has 1 saturated carbocycles. The molecule has 0 heterocycles. The van der Waals surface area contributed by atoms with E-state index in [1.54, 1.807) is 12.1 Å². The fourth-order valence-corrected chi connectivity index (χ4v) is 4.28. The Hall–Kier alpha value is -2.47. The number of rotatable bonds is 7. The predicted octanol–water partition coefficient (Wildman–Crippen LogP) is 7.68. The number of halogens is 2. The minimum atomic E-state index is -0.469. The van der Waals surface area contributed by atoms with Crippen LogP contribution in [-0.4, -0.2) is 0 Å². The Morgan fingerprint density at radius 3 is 2.32 bits per heavy atom. The quantitative estimate of drug-likeness (QED) is 0.453. The summed E-state index contributed by atoms with van der Waals surface area (Å²) in [5.74, 6) is 0.951. The molecule has 0 radical (unpaired) electrons. The van der Waals surface area contributed by atoms with Crippen LogP contribution in [0.5, 0.6) is 0 Å². The largest absolute Gasteiger partial charge is 0.216 e. The van der Waals surface area contributed by atoms with Crippen LogP contribution in [-0.2, 0) is 0 Å². The van der Waals surface area contributed by atoms with E-state index in [0.29, 0.717) is 12.2 Å². The van der Waals surface area contributed by atoms with Gasteiger partial charge in [-0.1, -0.05) is 49.2 Å². The van der Waals surface area contributed by atoms with Crippen LogP contribution >= 0.6 is 0 Å². The molecule has 28 heavy (non-hydrogen) atoms. The van der Waals surface area contributed by atoms with Crippen LogP contribution < -0.4 is 0 Å². The lowest BCUT2D eigenvalue weighted by atomic mass is 9.77. The van der Waals surface area contributed by atoms with E-state index in [9.17, 15) is 8.78 Å². The Balaban J connectivity index is 1.52. The van der Waals surface area contributed by atoms with E-state index in [4.69, 9.17) is 5.26 Å². The summed E-state index contributed by atoms with van der Waals surface area (Å²) in [5, 5.41) is 8.85. The molecule has 0 amide bonds. The fraction of sp³-hybridized carbons (Fsp3) is 0.400. The standard InChI is InChI=1S/C25H27F2N/c26-16-4-2-1-3-5-19-6-8-20(9-7-19)21-10-12-22(13-11-21)23-14-15-24(18-28)25(27)17-23/h4,10-17,19-20H,1-3,5-9H2/t19-,20-. The molecule has 3 heteroatoms. The molecule has 146 valence electrons. The summed E-state index contributed by atoms with van der Waals surface area (Å²) in [4.78, 5) is 0. The van der Waals surface area contributed by atoms with Gasteiger partial charge in [-0.15, -0.1) is 0 Å². The van der Waals surface area contributed by atoms with Gasteiger partial charge in [-0.2, -0.15) is 5.26 Å². The first-order chi connectivity index (χ1) is 13.7. The Bertz CT molecular complexity index is 825. The summed E-state index contributed by atoms with van der Waals surface area (Å²) >= 11 is 0. The van der Waals surface area contributed by atoms with Crippen molar-refractivity contribution in [1.82, 2.24) is 0 Å². The van der Waals surface area contributed by atoms with Gasteiger partial charge in [0.2, 0.25) is 0 Å². The van der Waals surface area contributed by atoms with E-state index in [1.807, 2.05) is 6.07 Å². The van der Waals surface area contributed by atoms with Crippen molar-refractivity contribution in [3.05, 3.63) is 71.8 Å². The smallest absolute Gasteiger partial charge is 0.141 e. The van der Waals surface area contributed by atoms with Gasteiger partial charge in [0.1, 0.15) is 11.9 Å². The van der Waals surface area contributed by atoms with Crippen molar-refractivity contribution < 1.29 is 8.78 Å². The van der Waals surface area contributed by atoms with E-state index >= 15 is 0 Å². The summed E-state index contributed by atoms with van der Waals surface area (Å²) in [6, 6.07) is 15.1. The predicted molar refractivity (Wildman–Crippen MR) is 110 cm³/mol. The molecule has 1 aliphatic carbocycles. The van der Waals surface area contributed by atoms with Crippen LogP contribution in [0.25, 0.3) is 11.1 Å². The highest BCUT2D eigenvalue weighted by atomic mass is 19.1. The second kappa shape index (κ2) is 10.2. The zero-order chi connectivity index (χ0) is 19.8. The molecule has 0 aromatic heterocycles. The van der Waals surface area contributed by atoms with Crippen molar-refractivity contribution in [2.24, 2.45) is 5.92 Å². The molecular weight excluding hydrogens is 352 g/mol. The van der Waals surface area contributed by atoms with Crippen LogP contribution in [0.2, 0.25) is 0 Å². The molecule has 1 aliphatic rings. The third-order valence-electron chi connectivity index (χ3n) is 5.97. The number of hydrogen-bond donors (Lipinski definition) is 0. The van der Waals surface area contributed by atoms with Crippen LogP contribution in [0.4, 0.5) is 8.78 Å². The number of allylic oxidation sites excluding steroid dienone is 1. The molecule has 0 saturated heterocycles. The van der Waals surface area contributed by atoms with Gasteiger partial charge in [0.15, 0.2) is 0 Å². The molecule has 0 spiro atoms. The lowest BCUT2D eigenvalue weighted by molar-refractivity contribution is 0.303. The van der Waals surface area contributed by atoms with Gasteiger partial charge in [-0.25, -0.2) is 8.78 Å². The summed E-state index contributed by atoms with van der Waals surface area (Å²) < 4.78 is 25.8. The average Bonchev–Trinajstić information content (AvgIpc) is 2.74. The van der Waals surface area contributed by atoms with Gasteiger partial charge >= 0.3 is 0 Å². The minimum Gasteiger partial charge on any atom is -0.216 e. The molecule has 2 aromatic rings. The second-order valence-electron chi connectivity index (χ2n) is 7.79. The Morgan fingerprint density at radius 1 is 0.964 bits per heavy atom. The second-order valence-corrected chi connectivity index (χ2v) is 7.79. The van der Waals surface area contributed by atoms with Crippen molar-refractivity contribution in [3.63, 3.8) is 0 Å². The Labute approximate surface area is 166 Å². The first-order valence-corrected chi connectivity index (χ1v) is 10.3. The lowest BCUT2D eigenvalue weighted by Crippen LogP contribution is -2.13. The molecule has 0 atom stereocenters. The molecule has 1 fully saturated rings. The molecule has 0 unspecified atom stereocenters. The van der Waals surface area contributed by atoms with E-state index in [2.05, 4.69) is 24.3 Å². The maximum atomic E-state index is 13.9. The molecule has 0 aliphatic heterocycles. The number of nitriles is 1. The number of hydrogen-bond acceptors (Lipinski definition) is 1. The van der Waals surface area contributed by atoms with Gasteiger partial charge in [0.05, 0.1) is 11.9 Å². The number of unbranched alkanes of at least 4 members (excludes halogenated alkanes) is 2. The van der Waals surface area contributed by atoms with Crippen LogP contribution in [0, 0.1) is 23.1 Å². The first-order valence-electron chi connectivity index (χ1n) is 10.3. The molecule has 3 rings (SSSR count). The van der Waals surface area contributed by atoms with Crippen LogP contribution in [0.3, 0.4) is 0 Å². The van der Waals surface area contributed by atoms with E-state index in [0.717, 1.165) is 29.9 Å². The Kier molecular flexibility index (Phi) is 7.37. The molecule has 2 aromatic carbocycles. The van der Waals surface area contributed by atoms with E-state index in [-0.39, 0.29) is 5.56 Å². The van der Waals surface area contributed by atoms with Gasteiger partial charge in [-0.3, -0.25) is 0 Å². The van der Waals surface area contributed by atoms with Gasteiger partial charge in [0.25, 0.3) is 0 Å². The first kappa shape index (κ1) is 20.3. The monoisotopic (exact) mass is 379 g/mol. The van der Waals surface area contributed by atoms with Gasteiger partial charge < -0.3 is 0 Å². The average molecular weight is 379 g/mol. The molecule has 0 bridgehead atoms. The molecule has 1 nitrogen and oxygen atoms in total. The van der Waals surface area contributed by atoms with Crippen LogP contribution in [0.1, 0.15) is 68.4 Å². The maximum absolute atomic E-state index is 13.9. The van der Waals surface area contributed by atoms with Gasteiger partial charge in [-0.05, 0) is 79.2 Å². The lowest BCUT2D eigenvalue weighted by Gasteiger charge is -2.29. The van der Waals surface area contributed by atoms with Crippen molar-refractivity contribution >= 4 is 0 Å². The highest BCUT2D eigenvalue weighted by molar-refractivity contribution is 5.64. The van der Waals surface area contributed by atoms with Crippen molar-refractivity contribution in [3.8, 4) is 17.2 Å². The summed E-state index contributed by atoms with van der Waals surface area (Å²) in [5.41, 5.74) is 3.22. The van der Waals surface area contributed by atoms with Crippen molar-refractivity contribution in [2.45, 2.75) is 57.3 Å². The topological polar surface area (TPSA) is 23.8 Å². The van der Waals surface area contributed by atoms with Crippen LogP contribution in [0.15, 0.2) is 54.9 Å². The summed E-state index contributed by atoms with van der Waals surface area (Å²) in [6.45, 7) is 0. The third-order valence-corrected chi connectivity index (χ3v) is 5.97. The molecular formula is C25H27F2N. The minimum absolute atomic E-state index is 0.0796. The summed E-state index contributed by atoms with van der Waals surface area (Å²) in [6.07, 6.45) is 11.6. The SMILES string of the molecule is N#Cc1ccc(-c2ccc([C@H]3CC[C@H](CCCCC=CF)CC3)cc2)cc1F. The third kappa shape index (κ3) is 5.29.